The smallest absolute Gasteiger partial charge is 0.136 e. The van der Waals surface area contributed by atoms with E-state index in [1.165, 1.54) is 37.9 Å². The van der Waals surface area contributed by atoms with Gasteiger partial charge in [0.25, 0.3) is 0 Å². The summed E-state index contributed by atoms with van der Waals surface area (Å²) < 4.78 is 6.42. The average Bonchev–Trinajstić information content (AvgIpc) is 3.51. The molecule has 1 heterocycles. The second-order valence-electron chi connectivity index (χ2n) is 12.2. The molecule has 0 saturated heterocycles. The molecule has 0 N–H and O–H groups in total. The normalized spacial score (nSPS) is 11.8. The van der Waals surface area contributed by atoms with Crippen LogP contribution >= 0.6 is 0 Å². The van der Waals surface area contributed by atoms with Gasteiger partial charge in [-0.15, -0.1) is 0 Å². The average molecular weight is 599 g/mol. The van der Waals surface area contributed by atoms with Crippen molar-refractivity contribution in [2.75, 3.05) is 0 Å². The third-order valence-corrected chi connectivity index (χ3v) is 9.44. The van der Waals surface area contributed by atoms with Gasteiger partial charge >= 0.3 is 0 Å². The number of furan rings is 1. The number of benzene rings is 8. The Morgan fingerprint density at radius 3 is 1.51 bits per heavy atom. The predicted octanol–water partition coefficient (Wildman–Crippen LogP) is 13.2. The van der Waals surface area contributed by atoms with E-state index in [1.54, 1.807) is 0 Å². The van der Waals surface area contributed by atoms with Gasteiger partial charge in [0.05, 0.1) is 0 Å². The van der Waals surface area contributed by atoms with Gasteiger partial charge in [-0.3, -0.25) is 0 Å². The summed E-state index contributed by atoms with van der Waals surface area (Å²) in [5.74, 6) is 0. The van der Waals surface area contributed by atoms with Gasteiger partial charge in [-0.1, -0.05) is 140 Å². The van der Waals surface area contributed by atoms with Crippen molar-refractivity contribution in [1.82, 2.24) is 0 Å². The van der Waals surface area contributed by atoms with Crippen LogP contribution in [-0.2, 0) is 0 Å². The molecule has 1 aromatic heterocycles. The Balaban J connectivity index is 1.09. The molecule has 0 amide bonds. The largest absolute Gasteiger partial charge is 0.456 e. The van der Waals surface area contributed by atoms with E-state index in [-0.39, 0.29) is 0 Å². The monoisotopic (exact) mass is 598 g/mol. The maximum atomic E-state index is 6.42. The van der Waals surface area contributed by atoms with Crippen molar-refractivity contribution in [2.24, 2.45) is 0 Å². The highest BCUT2D eigenvalue weighted by atomic mass is 16.3. The summed E-state index contributed by atoms with van der Waals surface area (Å²) in [5.41, 5.74) is 9.78. The topological polar surface area (TPSA) is 13.1 Å². The first kappa shape index (κ1) is 27.2. The van der Waals surface area contributed by atoms with E-state index < -0.39 is 0 Å². The Kier molecular flexibility index (Phi) is 6.36. The van der Waals surface area contributed by atoms with E-state index in [0.717, 1.165) is 55.3 Å². The van der Waals surface area contributed by atoms with Gasteiger partial charge < -0.3 is 4.42 Å². The molecular formula is C46H30O. The summed E-state index contributed by atoms with van der Waals surface area (Å²) >= 11 is 0. The zero-order chi connectivity index (χ0) is 31.3. The van der Waals surface area contributed by atoms with Crippen LogP contribution in [0.1, 0.15) is 16.7 Å². The molecule has 9 aromatic rings. The summed E-state index contributed by atoms with van der Waals surface area (Å²) in [6.07, 6.45) is 6.34. The van der Waals surface area contributed by atoms with Gasteiger partial charge in [0.15, 0.2) is 0 Å². The van der Waals surface area contributed by atoms with Crippen molar-refractivity contribution in [1.29, 1.82) is 0 Å². The molecule has 8 aromatic carbocycles. The highest BCUT2D eigenvalue weighted by Crippen LogP contribution is 2.37. The Morgan fingerprint density at radius 1 is 0.362 bits per heavy atom. The first-order chi connectivity index (χ1) is 23.2. The molecule has 0 aliphatic rings. The fourth-order valence-corrected chi connectivity index (χ4v) is 7.07. The molecule has 47 heavy (non-hydrogen) atoms. The molecule has 0 aliphatic heterocycles. The minimum Gasteiger partial charge on any atom is -0.456 e. The van der Waals surface area contributed by atoms with E-state index in [2.05, 4.69) is 164 Å². The number of fused-ring (bicyclic) bond motifs is 9. The molecule has 9 rings (SSSR count). The molecule has 0 spiro atoms. The second kappa shape index (κ2) is 11.0. The van der Waals surface area contributed by atoms with Crippen LogP contribution in [0.4, 0.5) is 0 Å². The predicted molar refractivity (Wildman–Crippen MR) is 203 cm³/mol. The summed E-state index contributed by atoms with van der Waals surface area (Å²) in [6, 6.07) is 54.2. The lowest BCUT2D eigenvalue weighted by Crippen LogP contribution is -1.85. The summed E-state index contributed by atoms with van der Waals surface area (Å²) in [4.78, 5) is 0. The Labute approximate surface area is 273 Å². The van der Waals surface area contributed by atoms with Crippen molar-refractivity contribution >= 4 is 72.5 Å². The summed E-state index contributed by atoms with van der Waals surface area (Å²) in [5, 5.41) is 9.96. The Bertz CT molecular complexity index is 2650. The molecule has 0 aliphatic carbocycles. The maximum absolute atomic E-state index is 6.42. The molecule has 0 saturated carbocycles. The fraction of sp³-hybridized carbons (Fsp3) is 0. The van der Waals surface area contributed by atoms with Gasteiger partial charge in [0, 0.05) is 10.8 Å². The second-order valence-corrected chi connectivity index (χ2v) is 12.2. The van der Waals surface area contributed by atoms with Crippen molar-refractivity contribution in [3.05, 3.63) is 175 Å². The van der Waals surface area contributed by atoms with Crippen molar-refractivity contribution < 1.29 is 4.42 Å². The van der Waals surface area contributed by atoms with Crippen LogP contribution in [0.25, 0.3) is 94.7 Å². The lowest BCUT2D eigenvalue weighted by Gasteiger charge is -2.11. The number of rotatable bonds is 5. The van der Waals surface area contributed by atoms with E-state index in [0.29, 0.717) is 0 Å². The molecule has 0 unspecified atom stereocenters. The van der Waals surface area contributed by atoms with E-state index in [9.17, 15) is 0 Å². The van der Waals surface area contributed by atoms with Gasteiger partial charge in [-0.2, -0.15) is 0 Å². The molecule has 0 bridgehead atoms. The Morgan fingerprint density at radius 2 is 0.872 bits per heavy atom. The molecule has 0 fully saturated rings. The molecule has 0 radical (unpaired) electrons. The number of hydrogen-bond donors (Lipinski definition) is 0. The highest BCUT2D eigenvalue weighted by Gasteiger charge is 2.12. The van der Waals surface area contributed by atoms with Crippen LogP contribution in [0.3, 0.4) is 0 Å². The molecular weight excluding hydrogens is 569 g/mol. The highest BCUT2D eigenvalue weighted by molar-refractivity contribution is 6.25. The van der Waals surface area contributed by atoms with Gasteiger partial charge in [0.2, 0.25) is 0 Å². The van der Waals surface area contributed by atoms with Crippen molar-refractivity contribution in [2.45, 2.75) is 0 Å². The minimum atomic E-state index is 0.892. The SMILES string of the molecule is C=Cc1ccc(-c2ccc3c(c2)oc2cc(-c4ccccc4)ccc23)cc1/C=C/c1ccc2c3ccccc3c3ccccc3c2c1. The van der Waals surface area contributed by atoms with Crippen LogP contribution in [0.2, 0.25) is 0 Å². The number of hydrogen-bond acceptors (Lipinski definition) is 1. The van der Waals surface area contributed by atoms with Crippen LogP contribution in [0, 0.1) is 0 Å². The first-order valence-corrected chi connectivity index (χ1v) is 16.0. The standard InChI is InChI=1S/C46H30O/c1-2-31-19-20-34(36-22-25-43-42-24-21-35(32-10-4-3-5-11-32)28-45(42)47-46(43)29-36)27-33(31)18-16-30-17-23-41-39-14-7-6-12-37(39)38-13-8-9-15-40(38)44(41)26-30/h2-29H,1H2/b18-16+. The Hall–Kier alpha value is -6.18. The third-order valence-electron chi connectivity index (χ3n) is 9.44. The summed E-state index contributed by atoms with van der Waals surface area (Å²) in [6.45, 7) is 4.10. The maximum Gasteiger partial charge on any atom is 0.136 e. The van der Waals surface area contributed by atoms with Crippen LogP contribution in [0.5, 0.6) is 0 Å². The quantitative estimate of drug-likeness (QED) is 0.142. The van der Waals surface area contributed by atoms with E-state index in [1.807, 2.05) is 12.1 Å². The van der Waals surface area contributed by atoms with Gasteiger partial charge in [-0.25, -0.2) is 0 Å². The zero-order valence-electron chi connectivity index (χ0n) is 25.8. The lowest BCUT2D eigenvalue weighted by molar-refractivity contribution is 0.669. The van der Waals surface area contributed by atoms with Crippen LogP contribution < -0.4 is 0 Å². The van der Waals surface area contributed by atoms with E-state index in [4.69, 9.17) is 4.42 Å². The molecule has 1 heteroatoms. The zero-order valence-corrected chi connectivity index (χ0v) is 25.8. The van der Waals surface area contributed by atoms with Crippen molar-refractivity contribution in [3.8, 4) is 22.3 Å². The fourth-order valence-electron chi connectivity index (χ4n) is 7.07. The van der Waals surface area contributed by atoms with Crippen LogP contribution in [0.15, 0.2) is 163 Å². The minimum absolute atomic E-state index is 0.892. The third kappa shape index (κ3) is 4.64. The van der Waals surface area contributed by atoms with Crippen molar-refractivity contribution in [3.63, 3.8) is 0 Å². The van der Waals surface area contributed by atoms with Crippen LogP contribution in [-0.4, -0.2) is 0 Å². The first-order valence-electron chi connectivity index (χ1n) is 16.0. The molecule has 1 nitrogen and oxygen atoms in total. The lowest BCUT2D eigenvalue weighted by atomic mass is 9.93. The molecule has 0 atom stereocenters. The summed E-state index contributed by atoms with van der Waals surface area (Å²) in [7, 11) is 0. The van der Waals surface area contributed by atoms with Gasteiger partial charge in [0.1, 0.15) is 11.2 Å². The van der Waals surface area contributed by atoms with E-state index >= 15 is 0 Å². The molecule has 220 valence electrons. The van der Waals surface area contributed by atoms with Gasteiger partial charge in [-0.05, 0) is 108 Å².